The Morgan fingerprint density at radius 2 is 1.71 bits per heavy atom. The van der Waals surface area contributed by atoms with Crippen molar-refractivity contribution in [2.75, 3.05) is 10.5 Å². The fraction of sp³-hybridized carbons (Fsp3) is 0.500. The molecule has 0 aromatic heterocycles. The first-order valence-electron chi connectivity index (χ1n) is 5.42. The Bertz CT molecular complexity index is 211. The summed E-state index contributed by atoms with van der Waals surface area (Å²) in [6, 6.07) is 8.47. The molecule has 2 heteroatoms. The molecule has 0 saturated heterocycles. The van der Waals surface area contributed by atoms with E-state index in [-0.39, 0.29) is 0 Å². The topological polar surface area (TPSA) is 12.0 Å². The molecule has 1 aliphatic rings. The number of para-hydroxylation sites is 1. The molecule has 0 amide bonds. The van der Waals surface area contributed by atoms with Gasteiger partial charge in [-0.25, -0.2) is 0 Å². The molecule has 1 aliphatic heterocycles. The number of rotatable bonds is 0. The highest BCUT2D eigenvalue weighted by Crippen LogP contribution is 2.24. The van der Waals surface area contributed by atoms with Gasteiger partial charge < -0.3 is 4.72 Å². The summed E-state index contributed by atoms with van der Waals surface area (Å²) >= 11 is 1.79. The van der Waals surface area contributed by atoms with Crippen molar-refractivity contribution in [1.29, 1.82) is 0 Å². The van der Waals surface area contributed by atoms with Crippen molar-refractivity contribution in [2.45, 2.75) is 34.1 Å². The maximum absolute atomic E-state index is 3.28. The standard InChI is InChI=1S/C8H9NS.2C2H6/c1-2-4-8-7(3-1)5-6-10-9-8;2*1-2/h1-4,9H,5-6H2;2*1-2H3. The zero-order valence-electron chi connectivity index (χ0n) is 9.63. The number of benzene rings is 1. The van der Waals surface area contributed by atoms with Crippen LogP contribution in [0.25, 0.3) is 0 Å². The van der Waals surface area contributed by atoms with Crippen LogP contribution in [-0.2, 0) is 6.42 Å². The Morgan fingerprint density at radius 3 is 2.36 bits per heavy atom. The number of aryl methyl sites for hydroxylation is 1. The van der Waals surface area contributed by atoms with Crippen molar-refractivity contribution >= 4 is 17.6 Å². The van der Waals surface area contributed by atoms with Crippen LogP contribution in [0.2, 0.25) is 0 Å². The Morgan fingerprint density at radius 1 is 1.07 bits per heavy atom. The van der Waals surface area contributed by atoms with Crippen LogP contribution in [-0.4, -0.2) is 5.75 Å². The second-order valence-corrected chi connectivity index (χ2v) is 3.26. The normalized spacial score (nSPS) is 12.0. The van der Waals surface area contributed by atoms with E-state index in [4.69, 9.17) is 0 Å². The van der Waals surface area contributed by atoms with Gasteiger partial charge in [-0.05, 0) is 18.1 Å². The lowest BCUT2D eigenvalue weighted by molar-refractivity contribution is 1.15. The predicted octanol–water partition coefficient (Wildman–Crippen LogP) is 4.36. The van der Waals surface area contributed by atoms with E-state index in [2.05, 4.69) is 29.0 Å². The quantitative estimate of drug-likeness (QED) is 0.640. The largest absolute Gasteiger partial charge is 0.329 e. The molecule has 0 atom stereocenters. The van der Waals surface area contributed by atoms with Crippen molar-refractivity contribution < 1.29 is 0 Å². The van der Waals surface area contributed by atoms with Gasteiger partial charge in [-0.2, -0.15) is 0 Å². The molecule has 1 N–H and O–H groups in total. The van der Waals surface area contributed by atoms with E-state index >= 15 is 0 Å². The van der Waals surface area contributed by atoms with Gasteiger partial charge in [0.1, 0.15) is 0 Å². The maximum Gasteiger partial charge on any atom is 0.0472 e. The summed E-state index contributed by atoms with van der Waals surface area (Å²) in [7, 11) is 0. The summed E-state index contributed by atoms with van der Waals surface area (Å²) in [5.41, 5.74) is 2.74. The Kier molecular flexibility index (Phi) is 8.54. The summed E-state index contributed by atoms with van der Waals surface area (Å²) in [4.78, 5) is 0. The molecule has 1 heterocycles. The van der Waals surface area contributed by atoms with Crippen molar-refractivity contribution in [3.63, 3.8) is 0 Å². The molecule has 2 rings (SSSR count). The maximum atomic E-state index is 3.28. The summed E-state index contributed by atoms with van der Waals surface area (Å²) in [5.74, 6) is 1.19. The first-order chi connectivity index (χ1) is 6.97. The highest BCUT2D eigenvalue weighted by atomic mass is 32.2. The Balaban J connectivity index is 0.000000379. The highest BCUT2D eigenvalue weighted by molar-refractivity contribution is 8.00. The van der Waals surface area contributed by atoms with Crippen LogP contribution in [0.1, 0.15) is 33.3 Å². The molecular formula is C12H21NS. The smallest absolute Gasteiger partial charge is 0.0472 e. The minimum Gasteiger partial charge on any atom is -0.329 e. The third kappa shape index (κ3) is 4.05. The van der Waals surface area contributed by atoms with Crippen molar-refractivity contribution in [3.8, 4) is 0 Å². The van der Waals surface area contributed by atoms with Gasteiger partial charge >= 0.3 is 0 Å². The molecule has 0 unspecified atom stereocenters. The highest BCUT2D eigenvalue weighted by Gasteiger charge is 2.05. The van der Waals surface area contributed by atoms with Crippen LogP contribution < -0.4 is 4.72 Å². The average molecular weight is 211 g/mol. The summed E-state index contributed by atoms with van der Waals surface area (Å²) in [6.45, 7) is 8.00. The summed E-state index contributed by atoms with van der Waals surface area (Å²) in [5, 5.41) is 0. The monoisotopic (exact) mass is 211 g/mol. The molecule has 0 saturated carbocycles. The molecule has 0 radical (unpaired) electrons. The first-order valence-corrected chi connectivity index (χ1v) is 6.41. The van der Waals surface area contributed by atoms with Gasteiger partial charge in [0, 0.05) is 11.4 Å². The van der Waals surface area contributed by atoms with Crippen LogP contribution in [0.3, 0.4) is 0 Å². The summed E-state index contributed by atoms with van der Waals surface area (Å²) in [6.07, 6.45) is 1.20. The fourth-order valence-corrected chi connectivity index (χ4v) is 1.91. The van der Waals surface area contributed by atoms with Crippen LogP contribution in [0.5, 0.6) is 0 Å². The minimum absolute atomic E-state index is 1.19. The second kappa shape index (κ2) is 8.95. The van der Waals surface area contributed by atoms with Crippen LogP contribution in [0.4, 0.5) is 5.69 Å². The molecular weight excluding hydrogens is 190 g/mol. The van der Waals surface area contributed by atoms with Crippen LogP contribution in [0, 0.1) is 0 Å². The van der Waals surface area contributed by atoms with E-state index in [1.54, 1.807) is 11.9 Å². The predicted molar refractivity (Wildman–Crippen MR) is 68.9 cm³/mol. The van der Waals surface area contributed by atoms with Gasteiger partial charge in [-0.1, -0.05) is 57.8 Å². The SMILES string of the molecule is CC.CC.c1ccc2c(c1)CCSN2. The van der Waals surface area contributed by atoms with E-state index in [9.17, 15) is 0 Å². The first kappa shape index (κ1) is 13.4. The zero-order chi connectivity index (χ0) is 10.8. The van der Waals surface area contributed by atoms with E-state index in [0.29, 0.717) is 0 Å². The van der Waals surface area contributed by atoms with Gasteiger partial charge in [-0.3, -0.25) is 0 Å². The van der Waals surface area contributed by atoms with Gasteiger partial charge in [0.2, 0.25) is 0 Å². The van der Waals surface area contributed by atoms with Gasteiger partial charge in [0.25, 0.3) is 0 Å². The number of hydrogen-bond donors (Lipinski definition) is 1. The molecule has 0 fully saturated rings. The minimum atomic E-state index is 1.19. The number of hydrogen-bond acceptors (Lipinski definition) is 2. The lowest BCUT2D eigenvalue weighted by atomic mass is 10.1. The third-order valence-corrected chi connectivity index (χ3v) is 2.45. The second-order valence-electron chi connectivity index (χ2n) is 2.36. The van der Waals surface area contributed by atoms with Gasteiger partial charge in [0.15, 0.2) is 0 Å². The Labute approximate surface area is 92.4 Å². The van der Waals surface area contributed by atoms with Gasteiger partial charge in [-0.15, -0.1) is 0 Å². The lowest BCUT2D eigenvalue weighted by Gasteiger charge is -2.15. The molecule has 14 heavy (non-hydrogen) atoms. The summed E-state index contributed by atoms with van der Waals surface area (Å²) < 4.78 is 3.28. The molecule has 1 aromatic rings. The Hall–Kier alpha value is -0.630. The molecule has 80 valence electrons. The zero-order valence-corrected chi connectivity index (χ0v) is 10.4. The number of fused-ring (bicyclic) bond motifs is 1. The number of nitrogens with one attached hydrogen (secondary N) is 1. The third-order valence-electron chi connectivity index (χ3n) is 1.67. The van der Waals surface area contributed by atoms with Crippen molar-refractivity contribution in [2.24, 2.45) is 0 Å². The van der Waals surface area contributed by atoms with E-state index in [1.807, 2.05) is 27.7 Å². The van der Waals surface area contributed by atoms with Gasteiger partial charge in [0.05, 0.1) is 0 Å². The average Bonchev–Trinajstić information content (AvgIpc) is 2.34. The molecule has 0 spiro atoms. The van der Waals surface area contributed by atoms with Crippen LogP contribution in [0.15, 0.2) is 24.3 Å². The molecule has 1 nitrogen and oxygen atoms in total. The van der Waals surface area contributed by atoms with Crippen molar-refractivity contribution in [3.05, 3.63) is 29.8 Å². The van der Waals surface area contributed by atoms with E-state index < -0.39 is 0 Å². The number of anilines is 1. The van der Waals surface area contributed by atoms with Crippen molar-refractivity contribution in [1.82, 2.24) is 0 Å². The van der Waals surface area contributed by atoms with E-state index in [1.165, 1.54) is 23.4 Å². The lowest BCUT2D eigenvalue weighted by Crippen LogP contribution is -2.03. The molecule has 1 aromatic carbocycles. The van der Waals surface area contributed by atoms with Crippen LogP contribution >= 0.6 is 11.9 Å². The fourth-order valence-electron chi connectivity index (χ4n) is 1.13. The van der Waals surface area contributed by atoms with E-state index in [0.717, 1.165) is 0 Å². The molecule has 0 aliphatic carbocycles. The molecule has 0 bridgehead atoms.